The molecular weight excluding hydrogens is 244 g/mol. The summed E-state index contributed by atoms with van der Waals surface area (Å²) in [6.45, 7) is 3.15. The van der Waals surface area contributed by atoms with Gasteiger partial charge in [-0.15, -0.1) is 0 Å². The summed E-state index contributed by atoms with van der Waals surface area (Å²) in [4.78, 5) is 0. The fourth-order valence-electron chi connectivity index (χ4n) is 2.02. The van der Waals surface area contributed by atoms with Gasteiger partial charge in [-0.25, -0.2) is 8.78 Å². The summed E-state index contributed by atoms with van der Waals surface area (Å²) in [6.07, 6.45) is 0.879. The van der Waals surface area contributed by atoms with Gasteiger partial charge in [-0.1, -0.05) is 36.4 Å². The van der Waals surface area contributed by atoms with E-state index in [1.807, 2.05) is 12.1 Å². The van der Waals surface area contributed by atoms with E-state index in [0.29, 0.717) is 12.1 Å². The van der Waals surface area contributed by atoms with Gasteiger partial charge in [0.25, 0.3) is 0 Å². The molecule has 1 nitrogen and oxygen atoms in total. The van der Waals surface area contributed by atoms with E-state index >= 15 is 0 Å². The van der Waals surface area contributed by atoms with Crippen molar-refractivity contribution in [2.45, 2.75) is 19.9 Å². The molecular formula is C16H17F2N. The molecule has 0 radical (unpaired) electrons. The number of hydrogen-bond donors (Lipinski definition) is 1. The first-order valence-electron chi connectivity index (χ1n) is 6.36. The molecule has 0 heterocycles. The van der Waals surface area contributed by atoms with Gasteiger partial charge in [-0.3, -0.25) is 0 Å². The van der Waals surface area contributed by atoms with Crippen molar-refractivity contribution in [3.05, 3.63) is 70.8 Å². The first-order valence-corrected chi connectivity index (χ1v) is 6.36. The molecule has 0 aromatic heterocycles. The Kier molecular flexibility index (Phi) is 4.63. The molecule has 0 saturated heterocycles. The summed E-state index contributed by atoms with van der Waals surface area (Å²) in [5, 5.41) is 3.14. The van der Waals surface area contributed by atoms with Crippen molar-refractivity contribution in [3.8, 4) is 0 Å². The lowest BCUT2D eigenvalue weighted by Crippen LogP contribution is -2.18. The average molecular weight is 261 g/mol. The maximum Gasteiger partial charge on any atom is 0.163 e. The minimum absolute atomic E-state index is 0.343. The van der Waals surface area contributed by atoms with Gasteiger partial charge in [0.05, 0.1) is 0 Å². The standard InChI is InChI=1S/C16H17F2N/c1-12-5-2-3-6-13(12)9-10-19-11-14-7-4-8-15(17)16(14)18/h2-8,19H,9-11H2,1H3. The number of nitrogens with one attached hydrogen (secondary N) is 1. The van der Waals surface area contributed by atoms with Crippen molar-refractivity contribution < 1.29 is 8.78 Å². The van der Waals surface area contributed by atoms with Gasteiger partial charge < -0.3 is 5.32 Å². The first-order chi connectivity index (χ1) is 9.18. The van der Waals surface area contributed by atoms with E-state index in [9.17, 15) is 8.78 Å². The maximum absolute atomic E-state index is 13.4. The number of aryl methyl sites for hydroxylation is 1. The van der Waals surface area contributed by atoms with Gasteiger partial charge in [0.2, 0.25) is 0 Å². The van der Waals surface area contributed by atoms with E-state index in [1.54, 1.807) is 6.07 Å². The quantitative estimate of drug-likeness (QED) is 0.811. The normalized spacial score (nSPS) is 10.7. The monoisotopic (exact) mass is 261 g/mol. The van der Waals surface area contributed by atoms with Crippen LogP contribution >= 0.6 is 0 Å². The first kappa shape index (κ1) is 13.7. The molecule has 0 unspecified atom stereocenters. The van der Waals surface area contributed by atoms with Crippen molar-refractivity contribution >= 4 is 0 Å². The lowest BCUT2D eigenvalue weighted by molar-refractivity contribution is 0.493. The van der Waals surface area contributed by atoms with E-state index in [2.05, 4.69) is 24.4 Å². The molecule has 3 heteroatoms. The minimum Gasteiger partial charge on any atom is -0.312 e. The van der Waals surface area contributed by atoms with E-state index in [-0.39, 0.29) is 0 Å². The molecule has 0 fully saturated rings. The van der Waals surface area contributed by atoms with E-state index in [0.717, 1.165) is 19.0 Å². The van der Waals surface area contributed by atoms with Gasteiger partial charge in [0, 0.05) is 12.1 Å². The summed E-state index contributed by atoms with van der Waals surface area (Å²) in [5.41, 5.74) is 2.89. The predicted octanol–water partition coefficient (Wildman–Crippen LogP) is 3.61. The molecule has 100 valence electrons. The van der Waals surface area contributed by atoms with Crippen molar-refractivity contribution in [1.82, 2.24) is 5.32 Å². The van der Waals surface area contributed by atoms with Gasteiger partial charge in [0.15, 0.2) is 11.6 Å². The molecule has 1 N–H and O–H groups in total. The topological polar surface area (TPSA) is 12.0 Å². The second kappa shape index (κ2) is 6.43. The summed E-state index contributed by atoms with van der Waals surface area (Å²) in [7, 11) is 0. The zero-order valence-corrected chi connectivity index (χ0v) is 10.9. The highest BCUT2D eigenvalue weighted by molar-refractivity contribution is 5.25. The molecule has 0 spiro atoms. The highest BCUT2D eigenvalue weighted by atomic mass is 19.2. The Balaban J connectivity index is 1.84. The third kappa shape index (κ3) is 3.61. The summed E-state index contributed by atoms with van der Waals surface area (Å²) >= 11 is 0. The van der Waals surface area contributed by atoms with Crippen LogP contribution in [0.4, 0.5) is 8.78 Å². The molecule has 2 aromatic carbocycles. The number of rotatable bonds is 5. The van der Waals surface area contributed by atoms with Crippen LogP contribution in [0.1, 0.15) is 16.7 Å². The Morgan fingerprint density at radius 2 is 1.68 bits per heavy atom. The smallest absolute Gasteiger partial charge is 0.163 e. The predicted molar refractivity (Wildman–Crippen MR) is 72.9 cm³/mol. The lowest BCUT2D eigenvalue weighted by Gasteiger charge is -2.08. The number of halogens is 2. The SMILES string of the molecule is Cc1ccccc1CCNCc1cccc(F)c1F. The third-order valence-corrected chi connectivity index (χ3v) is 3.18. The molecule has 0 aliphatic heterocycles. The molecule has 0 bridgehead atoms. The molecule has 0 atom stereocenters. The fraction of sp³-hybridized carbons (Fsp3) is 0.250. The van der Waals surface area contributed by atoms with Gasteiger partial charge in [-0.05, 0) is 37.1 Å². The van der Waals surface area contributed by atoms with Gasteiger partial charge >= 0.3 is 0 Å². The Hall–Kier alpha value is -1.74. The molecule has 0 amide bonds. The molecule has 0 aliphatic rings. The molecule has 2 rings (SSSR count). The minimum atomic E-state index is -0.793. The van der Waals surface area contributed by atoms with Crippen LogP contribution in [0.5, 0.6) is 0 Å². The number of hydrogen-bond acceptors (Lipinski definition) is 1. The lowest BCUT2D eigenvalue weighted by atomic mass is 10.1. The van der Waals surface area contributed by atoms with E-state index in [1.165, 1.54) is 17.2 Å². The van der Waals surface area contributed by atoms with E-state index < -0.39 is 11.6 Å². The molecule has 0 aliphatic carbocycles. The highest BCUT2D eigenvalue weighted by Crippen LogP contribution is 2.11. The van der Waals surface area contributed by atoms with Crippen LogP contribution in [0.15, 0.2) is 42.5 Å². The molecule has 2 aromatic rings. The van der Waals surface area contributed by atoms with Crippen molar-refractivity contribution in [2.75, 3.05) is 6.54 Å². The van der Waals surface area contributed by atoms with Crippen molar-refractivity contribution in [3.63, 3.8) is 0 Å². The van der Waals surface area contributed by atoms with Crippen LogP contribution in [0, 0.1) is 18.6 Å². The van der Waals surface area contributed by atoms with Crippen molar-refractivity contribution in [2.24, 2.45) is 0 Å². The van der Waals surface area contributed by atoms with E-state index in [4.69, 9.17) is 0 Å². The number of benzene rings is 2. The van der Waals surface area contributed by atoms with Crippen LogP contribution in [-0.4, -0.2) is 6.54 Å². The summed E-state index contributed by atoms with van der Waals surface area (Å²) in [5.74, 6) is -1.55. The van der Waals surface area contributed by atoms with Crippen LogP contribution < -0.4 is 5.32 Å². The van der Waals surface area contributed by atoms with Crippen LogP contribution in [0.25, 0.3) is 0 Å². The summed E-state index contributed by atoms with van der Waals surface area (Å²) < 4.78 is 26.4. The zero-order valence-electron chi connectivity index (χ0n) is 10.9. The maximum atomic E-state index is 13.4. The second-order valence-corrected chi connectivity index (χ2v) is 4.57. The Morgan fingerprint density at radius 1 is 0.947 bits per heavy atom. The van der Waals surface area contributed by atoms with Crippen LogP contribution in [0.2, 0.25) is 0 Å². The highest BCUT2D eigenvalue weighted by Gasteiger charge is 2.06. The summed E-state index contributed by atoms with van der Waals surface area (Å²) in [6, 6.07) is 12.4. The Morgan fingerprint density at radius 3 is 2.47 bits per heavy atom. The third-order valence-electron chi connectivity index (χ3n) is 3.18. The average Bonchev–Trinajstić information content (AvgIpc) is 2.41. The van der Waals surface area contributed by atoms with Crippen LogP contribution in [0.3, 0.4) is 0 Å². The van der Waals surface area contributed by atoms with Crippen molar-refractivity contribution in [1.29, 1.82) is 0 Å². The Bertz CT molecular complexity index is 552. The largest absolute Gasteiger partial charge is 0.312 e. The second-order valence-electron chi connectivity index (χ2n) is 4.57. The van der Waals surface area contributed by atoms with Gasteiger partial charge in [0.1, 0.15) is 0 Å². The zero-order chi connectivity index (χ0) is 13.7. The Labute approximate surface area is 112 Å². The van der Waals surface area contributed by atoms with Crippen LogP contribution in [-0.2, 0) is 13.0 Å². The molecule has 0 saturated carbocycles. The van der Waals surface area contributed by atoms with Gasteiger partial charge in [-0.2, -0.15) is 0 Å². The fourth-order valence-corrected chi connectivity index (χ4v) is 2.02. The molecule has 19 heavy (non-hydrogen) atoms.